The Bertz CT molecular complexity index is 610. The van der Waals surface area contributed by atoms with Crippen LogP contribution in [0.1, 0.15) is 39.7 Å². The van der Waals surface area contributed by atoms with E-state index in [0.717, 1.165) is 5.56 Å². The van der Waals surface area contributed by atoms with Crippen molar-refractivity contribution < 1.29 is 19.5 Å². The Morgan fingerprint density at radius 1 is 1.04 bits per heavy atom. The fourth-order valence-electron chi connectivity index (χ4n) is 2.52. The van der Waals surface area contributed by atoms with Crippen molar-refractivity contribution in [3.63, 3.8) is 0 Å². The molecule has 6 heteroatoms. The molecular formula is C19H28N2O4. The summed E-state index contributed by atoms with van der Waals surface area (Å²) in [4.78, 5) is 36.0. The standard InChI is InChI=1S/C19H28N2O4/c1-11(2)17(16(23)10-12(3)18(20)24)21-19(25)13(4)9-14-5-7-15(22)8-6-14/h5-8,11-13,17,22H,9-10H2,1-4H3,(H2,20,24)(H,21,25)/t12-,13+,17+/m1/s1. The number of hydrogen-bond acceptors (Lipinski definition) is 4. The lowest BCUT2D eigenvalue weighted by atomic mass is 9.92. The molecular weight excluding hydrogens is 320 g/mol. The predicted octanol–water partition coefficient (Wildman–Crippen LogP) is 1.79. The third-order valence-electron chi connectivity index (χ3n) is 4.23. The predicted molar refractivity (Wildman–Crippen MR) is 95.7 cm³/mol. The fraction of sp³-hybridized carbons (Fsp3) is 0.526. The van der Waals surface area contributed by atoms with Crippen molar-refractivity contribution in [3.05, 3.63) is 29.8 Å². The molecule has 138 valence electrons. The second kappa shape index (κ2) is 9.20. The van der Waals surface area contributed by atoms with E-state index in [1.54, 1.807) is 38.1 Å². The van der Waals surface area contributed by atoms with Crippen LogP contribution in [0, 0.1) is 17.8 Å². The molecule has 0 bridgehead atoms. The highest BCUT2D eigenvalue weighted by atomic mass is 16.3. The molecule has 2 amide bonds. The first-order valence-corrected chi connectivity index (χ1v) is 8.52. The van der Waals surface area contributed by atoms with E-state index in [0.29, 0.717) is 6.42 Å². The zero-order valence-corrected chi connectivity index (χ0v) is 15.3. The highest BCUT2D eigenvalue weighted by molar-refractivity contribution is 5.92. The first kappa shape index (κ1) is 20.7. The van der Waals surface area contributed by atoms with Crippen molar-refractivity contribution in [1.82, 2.24) is 5.32 Å². The molecule has 0 aliphatic heterocycles. The Hall–Kier alpha value is -2.37. The van der Waals surface area contributed by atoms with Crippen LogP contribution in [-0.2, 0) is 20.8 Å². The third-order valence-corrected chi connectivity index (χ3v) is 4.23. The number of hydrogen-bond donors (Lipinski definition) is 3. The highest BCUT2D eigenvalue weighted by Crippen LogP contribution is 2.15. The second-order valence-corrected chi connectivity index (χ2v) is 6.98. The molecule has 1 aromatic carbocycles. The van der Waals surface area contributed by atoms with E-state index in [1.807, 2.05) is 13.8 Å². The Labute approximate surface area is 148 Å². The largest absolute Gasteiger partial charge is 0.508 e. The molecule has 0 heterocycles. The first-order valence-electron chi connectivity index (χ1n) is 8.52. The molecule has 0 aromatic heterocycles. The number of ketones is 1. The van der Waals surface area contributed by atoms with Crippen LogP contribution >= 0.6 is 0 Å². The summed E-state index contributed by atoms with van der Waals surface area (Å²) >= 11 is 0. The fourth-order valence-corrected chi connectivity index (χ4v) is 2.52. The summed E-state index contributed by atoms with van der Waals surface area (Å²) in [5, 5.41) is 12.1. The summed E-state index contributed by atoms with van der Waals surface area (Å²) < 4.78 is 0. The van der Waals surface area contributed by atoms with Crippen molar-refractivity contribution in [3.8, 4) is 5.75 Å². The van der Waals surface area contributed by atoms with Gasteiger partial charge in [-0.3, -0.25) is 14.4 Å². The Balaban J connectivity index is 2.70. The van der Waals surface area contributed by atoms with Gasteiger partial charge in [0.2, 0.25) is 11.8 Å². The Morgan fingerprint density at radius 3 is 2.08 bits per heavy atom. The number of phenolic OH excluding ortho intramolecular Hbond substituents is 1. The van der Waals surface area contributed by atoms with Gasteiger partial charge in [0.25, 0.3) is 0 Å². The maximum Gasteiger partial charge on any atom is 0.223 e. The van der Waals surface area contributed by atoms with E-state index in [1.165, 1.54) is 0 Å². The smallest absolute Gasteiger partial charge is 0.223 e. The van der Waals surface area contributed by atoms with Gasteiger partial charge < -0.3 is 16.2 Å². The minimum Gasteiger partial charge on any atom is -0.508 e. The van der Waals surface area contributed by atoms with Crippen LogP contribution in [-0.4, -0.2) is 28.7 Å². The van der Waals surface area contributed by atoms with Gasteiger partial charge in [-0.25, -0.2) is 0 Å². The molecule has 0 fully saturated rings. The van der Waals surface area contributed by atoms with Crippen LogP contribution in [0.2, 0.25) is 0 Å². The van der Waals surface area contributed by atoms with E-state index in [-0.39, 0.29) is 35.7 Å². The minimum atomic E-state index is -0.642. The zero-order valence-electron chi connectivity index (χ0n) is 15.3. The molecule has 0 aliphatic rings. The van der Waals surface area contributed by atoms with Crippen LogP contribution in [0.25, 0.3) is 0 Å². The number of aromatic hydroxyl groups is 1. The van der Waals surface area contributed by atoms with Crippen molar-refractivity contribution in [2.24, 2.45) is 23.5 Å². The lowest BCUT2D eigenvalue weighted by Crippen LogP contribution is -2.47. The van der Waals surface area contributed by atoms with Gasteiger partial charge in [-0.2, -0.15) is 0 Å². The van der Waals surface area contributed by atoms with Crippen LogP contribution < -0.4 is 11.1 Å². The van der Waals surface area contributed by atoms with Gasteiger partial charge in [0.1, 0.15) is 5.75 Å². The van der Waals surface area contributed by atoms with Crippen molar-refractivity contribution in [1.29, 1.82) is 0 Å². The number of nitrogens with one attached hydrogen (secondary N) is 1. The summed E-state index contributed by atoms with van der Waals surface area (Å²) in [5.41, 5.74) is 6.14. The molecule has 25 heavy (non-hydrogen) atoms. The van der Waals surface area contributed by atoms with Crippen LogP contribution in [0.15, 0.2) is 24.3 Å². The summed E-state index contributed by atoms with van der Waals surface area (Å²) in [7, 11) is 0. The molecule has 6 nitrogen and oxygen atoms in total. The van der Waals surface area contributed by atoms with E-state index in [2.05, 4.69) is 5.32 Å². The number of primary amides is 1. The quantitative estimate of drug-likeness (QED) is 0.632. The molecule has 0 spiro atoms. The van der Waals surface area contributed by atoms with Gasteiger partial charge >= 0.3 is 0 Å². The van der Waals surface area contributed by atoms with Crippen LogP contribution in [0.5, 0.6) is 5.75 Å². The van der Waals surface area contributed by atoms with E-state index >= 15 is 0 Å². The number of Topliss-reactive ketones (excluding diaryl/α,β-unsaturated/α-hetero) is 1. The number of nitrogens with two attached hydrogens (primary N) is 1. The van der Waals surface area contributed by atoms with E-state index in [4.69, 9.17) is 5.73 Å². The zero-order chi connectivity index (χ0) is 19.1. The number of amides is 2. The van der Waals surface area contributed by atoms with E-state index < -0.39 is 17.9 Å². The maximum atomic E-state index is 12.4. The summed E-state index contributed by atoms with van der Waals surface area (Å²) in [6.45, 7) is 7.09. The van der Waals surface area contributed by atoms with Gasteiger partial charge in [0, 0.05) is 18.3 Å². The number of phenols is 1. The molecule has 4 N–H and O–H groups in total. The van der Waals surface area contributed by atoms with E-state index in [9.17, 15) is 19.5 Å². The van der Waals surface area contributed by atoms with Gasteiger partial charge in [0.15, 0.2) is 5.78 Å². The van der Waals surface area contributed by atoms with Gasteiger partial charge in [-0.15, -0.1) is 0 Å². The molecule has 0 radical (unpaired) electrons. The molecule has 0 unspecified atom stereocenters. The van der Waals surface area contributed by atoms with Gasteiger partial charge in [-0.05, 0) is 30.0 Å². The number of rotatable bonds is 9. The summed E-state index contributed by atoms with van der Waals surface area (Å²) in [6, 6.07) is 6.03. The van der Waals surface area contributed by atoms with Crippen molar-refractivity contribution in [2.75, 3.05) is 0 Å². The monoisotopic (exact) mass is 348 g/mol. The molecule has 0 saturated carbocycles. The van der Waals surface area contributed by atoms with Gasteiger partial charge in [0.05, 0.1) is 6.04 Å². The second-order valence-electron chi connectivity index (χ2n) is 6.98. The number of carbonyl (C=O) groups is 3. The lowest BCUT2D eigenvalue weighted by molar-refractivity contribution is -0.132. The summed E-state index contributed by atoms with van der Waals surface area (Å²) in [6.07, 6.45) is 0.521. The number of benzene rings is 1. The van der Waals surface area contributed by atoms with Gasteiger partial charge in [-0.1, -0.05) is 39.8 Å². The van der Waals surface area contributed by atoms with Crippen molar-refractivity contribution in [2.45, 2.75) is 46.6 Å². The highest BCUT2D eigenvalue weighted by Gasteiger charge is 2.28. The molecule has 1 aromatic rings. The normalized spacial score (nSPS) is 14.6. The van der Waals surface area contributed by atoms with Crippen molar-refractivity contribution >= 4 is 17.6 Å². The average Bonchev–Trinajstić information content (AvgIpc) is 2.53. The summed E-state index contributed by atoms with van der Waals surface area (Å²) in [5.74, 6) is -1.72. The first-order chi connectivity index (χ1) is 11.6. The molecule has 0 saturated heterocycles. The topological polar surface area (TPSA) is 109 Å². The lowest BCUT2D eigenvalue weighted by Gasteiger charge is -2.24. The third kappa shape index (κ3) is 6.57. The average molecular weight is 348 g/mol. The van der Waals surface area contributed by atoms with Crippen LogP contribution in [0.4, 0.5) is 0 Å². The maximum absolute atomic E-state index is 12.4. The molecule has 0 aliphatic carbocycles. The molecule has 1 rings (SSSR count). The van der Waals surface area contributed by atoms with Crippen LogP contribution in [0.3, 0.4) is 0 Å². The Morgan fingerprint density at radius 2 is 1.60 bits per heavy atom. The Kier molecular flexibility index (Phi) is 7.61. The minimum absolute atomic E-state index is 0.0187. The number of carbonyl (C=O) groups excluding carboxylic acids is 3. The SMILES string of the molecule is CC(C)[C@H](NC(=O)[C@@H](C)Cc1ccc(O)cc1)C(=O)C[C@@H](C)C(N)=O. The molecule has 3 atom stereocenters.